The molecule has 0 saturated carbocycles. The predicted molar refractivity (Wildman–Crippen MR) is 70.3 cm³/mol. The molecule has 1 N–H and O–H groups in total. The minimum atomic E-state index is 0.0112. The Morgan fingerprint density at radius 3 is 2.61 bits per heavy atom. The van der Waals surface area contributed by atoms with E-state index in [1.807, 2.05) is 18.2 Å². The molecular formula is C14H20N2O2. The Balaban J connectivity index is 2.02. The zero-order valence-corrected chi connectivity index (χ0v) is 10.8. The Bertz CT molecular complexity index is 375. The molecule has 1 aromatic rings. The summed E-state index contributed by atoms with van der Waals surface area (Å²) in [6, 6.07) is 10.2. The third kappa shape index (κ3) is 3.82. The van der Waals surface area contributed by atoms with Gasteiger partial charge in [0.15, 0.2) is 0 Å². The molecule has 1 amide bonds. The van der Waals surface area contributed by atoms with Crippen LogP contribution in [0, 0.1) is 0 Å². The van der Waals surface area contributed by atoms with Crippen molar-refractivity contribution in [3.63, 3.8) is 0 Å². The van der Waals surface area contributed by atoms with E-state index in [0.717, 1.165) is 38.4 Å². The van der Waals surface area contributed by atoms with Crippen LogP contribution in [0.15, 0.2) is 30.3 Å². The summed E-state index contributed by atoms with van der Waals surface area (Å²) in [4.78, 5) is 13.6. The van der Waals surface area contributed by atoms with E-state index in [4.69, 9.17) is 4.74 Å². The molecule has 4 heteroatoms. The van der Waals surface area contributed by atoms with E-state index < -0.39 is 0 Å². The zero-order chi connectivity index (χ0) is 12.8. The highest BCUT2D eigenvalue weighted by Gasteiger charge is 2.18. The van der Waals surface area contributed by atoms with Crippen LogP contribution in [0.2, 0.25) is 0 Å². The van der Waals surface area contributed by atoms with Gasteiger partial charge < -0.3 is 10.1 Å². The summed E-state index contributed by atoms with van der Waals surface area (Å²) in [6.07, 6.45) is 0. The van der Waals surface area contributed by atoms with Gasteiger partial charge in [0.1, 0.15) is 0 Å². The number of carbonyl (C=O) groups is 1. The Morgan fingerprint density at radius 1 is 1.33 bits per heavy atom. The highest BCUT2D eigenvalue weighted by atomic mass is 16.5. The molecule has 18 heavy (non-hydrogen) atoms. The van der Waals surface area contributed by atoms with Crippen molar-refractivity contribution in [1.82, 2.24) is 10.2 Å². The van der Waals surface area contributed by atoms with Crippen LogP contribution < -0.4 is 5.32 Å². The number of nitrogens with one attached hydrogen (secondary N) is 1. The summed E-state index contributed by atoms with van der Waals surface area (Å²) in [7, 11) is 0. The Morgan fingerprint density at radius 2 is 2.00 bits per heavy atom. The molecule has 0 aliphatic carbocycles. The molecule has 0 radical (unpaired) electrons. The Hall–Kier alpha value is -1.39. The van der Waals surface area contributed by atoms with Gasteiger partial charge in [0.2, 0.25) is 5.91 Å². The number of nitrogens with zero attached hydrogens (tertiary/aromatic N) is 1. The van der Waals surface area contributed by atoms with Crippen molar-refractivity contribution in [1.29, 1.82) is 0 Å². The monoisotopic (exact) mass is 248 g/mol. The maximum Gasteiger partial charge on any atom is 0.217 e. The van der Waals surface area contributed by atoms with Crippen LogP contribution in [-0.2, 0) is 9.53 Å². The predicted octanol–water partition coefficient (Wildman–Crippen LogP) is 1.20. The van der Waals surface area contributed by atoms with Crippen LogP contribution in [0.5, 0.6) is 0 Å². The standard InChI is InChI=1S/C14H20N2O2/c1-12(17)15-14(13-5-3-2-4-6-13)11-16-7-9-18-10-8-16/h2-6,14H,7-11H2,1H3,(H,15,17)/t14-/m1/s1. The van der Waals surface area contributed by atoms with Gasteiger partial charge in [-0.1, -0.05) is 30.3 Å². The molecule has 0 unspecified atom stereocenters. The van der Waals surface area contributed by atoms with E-state index in [1.165, 1.54) is 0 Å². The van der Waals surface area contributed by atoms with Gasteiger partial charge in [-0.05, 0) is 5.56 Å². The van der Waals surface area contributed by atoms with Crippen molar-refractivity contribution in [3.8, 4) is 0 Å². The van der Waals surface area contributed by atoms with Gasteiger partial charge in [0, 0.05) is 26.6 Å². The lowest BCUT2D eigenvalue weighted by atomic mass is 10.1. The van der Waals surface area contributed by atoms with Gasteiger partial charge in [-0.15, -0.1) is 0 Å². The normalized spacial score (nSPS) is 18.3. The lowest BCUT2D eigenvalue weighted by Gasteiger charge is -2.30. The summed E-state index contributed by atoms with van der Waals surface area (Å²) in [5.74, 6) is 0.0112. The van der Waals surface area contributed by atoms with E-state index in [-0.39, 0.29) is 11.9 Å². The SMILES string of the molecule is CC(=O)N[C@H](CN1CCOCC1)c1ccccc1. The number of benzene rings is 1. The number of rotatable bonds is 4. The van der Waals surface area contributed by atoms with Crippen molar-refractivity contribution in [2.24, 2.45) is 0 Å². The summed E-state index contributed by atoms with van der Waals surface area (Å²) in [5.41, 5.74) is 1.15. The van der Waals surface area contributed by atoms with E-state index >= 15 is 0 Å². The van der Waals surface area contributed by atoms with Crippen LogP contribution in [0.3, 0.4) is 0 Å². The highest BCUT2D eigenvalue weighted by Crippen LogP contribution is 2.15. The number of amides is 1. The minimum Gasteiger partial charge on any atom is -0.379 e. The first-order valence-corrected chi connectivity index (χ1v) is 6.38. The van der Waals surface area contributed by atoms with Crippen LogP contribution in [0.4, 0.5) is 0 Å². The molecule has 98 valence electrons. The van der Waals surface area contributed by atoms with Gasteiger partial charge >= 0.3 is 0 Å². The molecule has 1 heterocycles. The van der Waals surface area contributed by atoms with Crippen molar-refractivity contribution in [2.75, 3.05) is 32.8 Å². The fraction of sp³-hybridized carbons (Fsp3) is 0.500. The smallest absolute Gasteiger partial charge is 0.217 e. The first kappa shape index (κ1) is 13.1. The van der Waals surface area contributed by atoms with Gasteiger partial charge in [0.05, 0.1) is 19.3 Å². The van der Waals surface area contributed by atoms with Crippen molar-refractivity contribution < 1.29 is 9.53 Å². The maximum atomic E-state index is 11.3. The third-order valence-electron chi connectivity index (χ3n) is 3.12. The van der Waals surface area contributed by atoms with Crippen LogP contribution >= 0.6 is 0 Å². The average molecular weight is 248 g/mol. The summed E-state index contributed by atoms with van der Waals surface area (Å²) in [6.45, 7) is 5.83. The fourth-order valence-electron chi connectivity index (χ4n) is 2.21. The number of carbonyl (C=O) groups excluding carboxylic acids is 1. The Kier molecular flexibility index (Phi) is 4.73. The maximum absolute atomic E-state index is 11.3. The largest absolute Gasteiger partial charge is 0.379 e. The molecule has 1 fully saturated rings. The molecule has 4 nitrogen and oxygen atoms in total. The molecule has 0 aromatic heterocycles. The Labute approximate surface area is 108 Å². The molecule has 1 aliphatic heterocycles. The number of hydrogen-bond donors (Lipinski definition) is 1. The van der Waals surface area contributed by atoms with Gasteiger partial charge in [-0.25, -0.2) is 0 Å². The molecule has 0 bridgehead atoms. The highest BCUT2D eigenvalue weighted by molar-refractivity contribution is 5.73. The molecule has 1 saturated heterocycles. The number of hydrogen-bond acceptors (Lipinski definition) is 3. The molecule has 0 spiro atoms. The van der Waals surface area contributed by atoms with Crippen molar-refractivity contribution in [2.45, 2.75) is 13.0 Å². The summed E-state index contributed by atoms with van der Waals surface area (Å²) >= 11 is 0. The third-order valence-corrected chi connectivity index (χ3v) is 3.12. The topological polar surface area (TPSA) is 41.6 Å². The van der Waals surface area contributed by atoms with Crippen molar-refractivity contribution >= 4 is 5.91 Å². The van der Waals surface area contributed by atoms with Gasteiger partial charge in [-0.2, -0.15) is 0 Å². The van der Waals surface area contributed by atoms with E-state index in [2.05, 4.69) is 22.3 Å². The lowest BCUT2D eigenvalue weighted by molar-refractivity contribution is -0.119. The first-order chi connectivity index (χ1) is 8.75. The van der Waals surface area contributed by atoms with Gasteiger partial charge in [0.25, 0.3) is 0 Å². The lowest BCUT2D eigenvalue weighted by Crippen LogP contribution is -2.42. The molecule has 1 aromatic carbocycles. The average Bonchev–Trinajstić information content (AvgIpc) is 2.40. The summed E-state index contributed by atoms with van der Waals surface area (Å²) in [5, 5.41) is 3.02. The second-order valence-electron chi connectivity index (χ2n) is 4.58. The van der Waals surface area contributed by atoms with Crippen LogP contribution in [0.1, 0.15) is 18.5 Å². The van der Waals surface area contributed by atoms with E-state index in [1.54, 1.807) is 6.92 Å². The zero-order valence-electron chi connectivity index (χ0n) is 10.8. The quantitative estimate of drug-likeness (QED) is 0.870. The molecule has 2 rings (SSSR count). The molecule has 1 aliphatic rings. The summed E-state index contributed by atoms with van der Waals surface area (Å²) < 4.78 is 5.34. The van der Waals surface area contributed by atoms with E-state index in [0.29, 0.717) is 0 Å². The number of morpholine rings is 1. The second kappa shape index (κ2) is 6.52. The van der Waals surface area contributed by atoms with Crippen molar-refractivity contribution in [3.05, 3.63) is 35.9 Å². The molecular weight excluding hydrogens is 228 g/mol. The minimum absolute atomic E-state index is 0.0112. The fourth-order valence-corrected chi connectivity index (χ4v) is 2.21. The van der Waals surface area contributed by atoms with Crippen LogP contribution in [-0.4, -0.2) is 43.7 Å². The molecule has 1 atom stereocenters. The first-order valence-electron chi connectivity index (χ1n) is 6.38. The van der Waals surface area contributed by atoms with Crippen LogP contribution in [0.25, 0.3) is 0 Å². The van der Waals surface area contributed by atoms with E-state index in [9.17, 15) is 4.79 Å². The number of ether oxygens (including phenoxy) is 1. The second-order valence-corrected chi connectivity index (χ2v) is 4.58. The van der Waals surface area contributed by atoms with Gasteiger partial charge in [-0.3, -0.25) is 9.69 Å².